The zero-order valence-corrected chi connectivity index (χ0v) is 15.0. The molecule has 0 bridgehead atoms. The van der Waals surface area contributed by atoms with Crippen LogP contribution in [0.3, 0.4) is 0 Å². The smallest absolute Gasteiger partial charge is 0.227 e. The number of nitrogens with zero attached hydrogens (tertiary/aromatic N) is 2. The van der Waals surface area contributed by atoms with Gasteiger partial charge in [0.15, 0.2) is 0 Å². The van der Waals surface area contributed by atoms with Gasteiger partial charge in [0.2, 0.25) is 17.6 Å². The van der Waals surface area contributed by atoms with Crippen molar-refractivity contribution in [2.45, 2.75) is 19.8 Å². The van der Waals surface area contributed by atoms with Gasteiger partial charge in [0.25, 0.3) is 0 Å². The highest BCUT2D eigenvalue weighted by Gasteiger charge is 2.14. The summed E-state index contributed by atoms with van der Waals surface area (Å²) in [6.07, 6.45) is 0.454. The molecule has 0 fully saturated rings. The molecular formula is C18H15BrFN3O2. The van der Waals surface area contributed by atoms with E-state index in [2.05, 4.69) is 31.4 Å². The van der Waals surface area contributed by atoms with Crippen molar-refractivity contribution in [1.82, 2.24) is 10.1 Å². The lowest BCUT2D eigenvalue weighted by Crippen LogP contribution is -2.12. The van der Waals surface area contributed by atoms with E-state index in [-0.39, 0.29) is 36.0 Å². The first-order valence-corrected chi connectivity index (χ1v) is 8.46. The van der Waals surface area contributed by atoms with Crippen molar-refractivity contribution in [3.8, 4) is 11.4 Å². The second kappa shape index (κ2) is 7.57. The largest absolute Gasteiger partial charge is 0.339 e. The number of rotatable bonds is 5. The molecule has 1 amide bonds. The van der Waals surface area contributed by atoms with Gasteiger partial charge < -0.3 is 9.84 Å². The number of aromatic nitrogens is 2. The molecule has 0 aliphatic rings. The molecule has 0 spiro atoms. The molecule has 7 heteroatoms. The first-order chi connectivity index (χ1) is 12.0. The average molecular weight is 404 g/mol. The summed E-state index contributed by atoms with van der Waals surface area (Å²) in [5.41, 5.74) is 2.06. The summed E-state index contributed by atoms with van der Waals surface area (Å²) in [4.78, 5) is 16.2. The van der Waals surface area contributed by atoms with Crippen molar-refractivity contribution < 1.29 is 13.7 Å². The van der Waals surface area contributed by atoms with Crippen LogP contribution in [0.15, 0.2) is 51.5 Å². The van der Waals surface area contributed by atoms with Gasteiger partial charge in [-0.2, -0.15) is 4.98 Å². The summed E-state index contributed by atoms with van der Waals surface area (Å²) in [6, 6.07) is 11.9. The van der Waals surface area contributed by atoms with E-state index in [4.69, 9.17) is 4.52 Å². The molecule has 5 nitrogen and oxygen atoms in total. The number of benzene rings is 2. The van der Waals surface area contributed by atoms with E-state index in [1.807, 2.05) is 25.1 Å². The van der Waals surface area contributed by atoms with E-state index in [0.717, 1.165) is 10.0 Å². The third kappa shape index (κ3) is 4.30. The molecule has 0 saturated heterocycles. The third-order valence-corrected chi connectivity index (χ3v) is 4.20. The molecule has 3 aromatic rings. The van der Waals surface area contributed by atoms with Crippen molar-refractivity contribution in [1.29, 1.82) is 0 Å². The second-order valence-corrected chi connectivity index (χ2v) is 6.38. The highest BCUT2D eigenvalue weighted by Crippen LogP contribution is 2.24. The highest BCUT2D eigenvalue weighted by atomic mass is 79.9. The van der Waals surface area contributed by atoms with Crippen molar-refractivity contribution in [3.63, 3.8) is 0 Å². The summed E-state index contributed by atoms with van der Waals surface area (Å²) >= 11 is 3.42. The van der Waals surface area contributed by atoms with Crippen molar-refractivity contribution in [3.05, 3.63) is 64.2 Å². The Hall–Kier alpha value is -2.54. The number of hydrogen-bond donors (Lipinski definition) is 1. The van der Waals surface area contributed by atoms with E-state index < -0.39 is 5.82 Å². The van der Waals surface area contributed by atoms with Gasteiger partial charge >= 0.3 is 0 Å². The normalized spacial score (nSPS) is 10.7. The topological polar surface area (TPSA) is 68.0 Å². The number of hydrogen-bond acceptors (Lipinski definition) is 4. The molecule has 25 heavy (non-hydrogen) atoms. The number of carbonyl (C=O) groups is 1. The Bertz CT molecular complexity index is 911. The second-order valence-electron chi connectivity index (χ2n) is 5.52. The molecule has 0 aliphatic carbocycles. The molecule has 0 saturated carbocycles. The molecule has 1 N–H and O–H groups in total. The lowest BCUT2D eigenvalue weighted by Gasteiger charge is -2.07. The van der Waals surface area contributed by atoms with Crippen LogP contribution in [0.4, 0.5) is 10.1 Å². The number of carbonyl (C=O) groups excluding carboxylic acids is 1. The van der Waals surface area contributed by atoms with Crippen LogP contribution in [0.2, 0.25) is 0 Å². The first-order valence-electron chi connectivity index (χ1n) is 7.66. The fraction of sp³-hybridized carbons (Fsp3) is 0.167. The molecule has 1 heterocycles. The van der Waals surface area contributed by atoms with Gasteiger partial charge in [-0.3, -0.25) is 4.79 Å². The Kier molecular flexibility index (Phi) is 5.23. The first kappa shape index (κ1) is 17.3. The fourth-order valence-electron chi connectivity index (χ4n) is 2.26. The summed E-state index contributed by atoms with van der Waals surface area (Å²) in [7, 11) is 0. The molecular weight excluding hydrogens is 389 g/mol. The summed E-state index contributed by atoms with van der Waals surface area (Å²) in [6.45, 7) is 1.97. The van der Waals surface area contributed by atoms with Gasteiger partial charge in [-0.05, 0) is 52.7 Å². The minimum absolute atomic E-state index is 0.171. The van der Waals surface area contributed by atoms with Gasteiger partial charge in [0, 0.05) is 17.3 Å². The molecule has 2 aromatic carbocycles. The Balaban J connectivity index is 1.60. The van der Waals surface area contributed by atoms with Crippen LogP contribution < -0.4 is 5.32 Å². The van der Waals surface area contributed by atoms with Crippen LogP contribution >= 0.6 is 15.9 Å². The number of nitrogens with one attached hydrogen (secondary N) is 1. The minimum Gasteiger partial charge on any atom is -0.339 e. The van der Waals surface area contributed by atoms with Crippen molar-refractivity contribution in [2.24, 2.45) is 0 Å². The average Bonchev–Trinajstić information content (AvgIpc) is 3.05. The van der Waals surface area contributed by atoms with Crippen LogP contribution in [0, 0.1) is 12.7 Å². The third-order valence-electron chi connectivity index (χ3n) is 3.55. The number of aryl methyl sites for hydroxylation is 2. The van der Waals surface area contributed by atoms with Crippen LogP contribution in [-0.4, -0.2) is 16.0 Å². The van der Waals surface area contributed by atoms with Gasteiger partial charge in [0.05, 0.1) is 11.3 Å². The Morgan fingerprint density at radius 1 is 1.28 bits per heavy atom. The highest BCUT2D eigenvalue weighted by molar-refractivity contribution is 9.10. The van der Waals surface area contributed by atoms with E-state index in [1.165, 1.54) is 6.07 Å². The van der Waals surface area contributed by atoms with Gasteiger partial charge in [-0.25, -0.2) is 4.39 Å². The van der Waals surface area contributed by atoms with Crippen molar-refractivity contribution in [2.75, 3.05) is 5.32 Å². The molecule has 0 aliphatic heterocycles. The fourth-order valence-corrected chi connectivity index (χ4v) is 2.86. The molecule has 0 unspecified atom stereocenters. The number of anilines is 1. The molecule has 128 valence electrons. The number of amides is 1. The van der Waals surface area contributed by atoms with Crippen LogP contribution in [-0.2, 0) is 11.2 Å². The summed E-state index contributed by atoms with van der Waals surface area (Å²) in [5, 5.41) is 6.59. The summed E-state index contributed by atoms with van der Waals surface area (Å²) < 4.78 is 19.6. The lowest BCUT2D eigenvalue weighted by atomic mass is 10.2. The van der Waals surface area contributed by atoms with E-state index in [9.17, 15) is 9.18 Å². The van der Waals surface area contributed by atoms with E-state index in [1.54, 1.807) is 18.2 Å². The Morgan fingerprint density at radius 3 is 2.84 bits per heavy atom. The van der Waals surface area contributed by atoms with Crippen molar-refractivity contribution >= 4 is 27.5 Å². The van der Waals surface area contributed by atoms with E-state index in [0.29, 0.717) is 5.69 Å². The molecule has 1 aromatic heterocycles. The van der Waals surface area contributed by atoms with Crippen LogP contribution in [0.25, 0.3) is 11.4 Å². The zero-order chi connectivity index (χ0) is 17.8. The van der Waals surface area contributed by atoms with Crippen LogP contribution in [0.5, 0.6) is 0 Å². The predicted octanol–water partition coefficient (Wildman–Crippen LogP) is 4.52. The molecule has 0 radical (unpaired) electrons. The minimum atomic E-state index is -0.420. The standard InChI is InChI=1S/C18H15BrFN3O2/c1-11-6-7-15(13(19)10-11)21-16(24)8-9-17-22-18(23-25-17)12-4-2-3-5-14(12)20/h2-7,10H,8-9H2,1H3,(H,21,24). The Labute approximate surface area is 152 Å². The maximum absolute atomic E-state index is 13.7. The van der Waals surface area contributed by atoms with E-state index >= 15 is 0 Å². The maximum Gasteiger partial charge on any atom is 0.227 e. The van der Waals surface area contributed by atoms with Gasteiger partial charge in [-0.1, -0.05) is 23.4 Å². The quantitative estimate of drug-likeness (QED) is 0.679. The van der Waals surface area contributed by atoms with Crippen LogP contribution in [0.1, 0.15) is 17.9 Å². The maximum atomic E-state index is 13.7. The Morgan fingerprint density at radius 2 is 2.08 bits per heavy atom. The monoisotopic (exact) mass is 403 g/mol. The summed E-state index contributed by atoms with van der Waals surface area (Å²) in [5.74, 6) is -0.127. The zero-order valence-electron chi connectivity index (χ0n) is 13.4. The SMILES string of the molecule is Cc1ccc(NC(=O)CCc2nc(-c3ccccc3F)no2)c(Br)c1. The van der Waals surface area contributed by atoms with Gasteiger partial charge in [0.1, 0.15) is 5.82 Å². The van der Waals surface area contributed by atoms with Gasteiger partial charge in [-0.15, -0.1) is 0 Å². The molecule has 3 rings (SSSR count). The molecule has 0 atom stereocenters. The number of halogens is 2. The predicted molar refractivity (Wildman–Crippen MR) is 95.5 cm³/mol. The lowest BCUT2D eigenvalue weighted by molar-refractivity contribution is -0.116.